The molecular formula is C21H20N4OS2. The Hall–Kier alpha value is -2.64. The van der Waals surface area contributed by atoms with Crippen LogP contribution in [0.1, 0.15) is 16.0 Å². The number of nitrogens with zero attached hydrogens (tertiary/aromatic N) is 4. The van der Waals surface area contributed by atoms with E-state index in [0.717, 1.165) is 37.3 Å². The van der Waals surface area contributed by atoms with Crippen LogP contribution < -0.4 is 5.56 Å². The molecule has 0 atom stereocenters. The smallest absolute Gasteiger partial charge is 0.263 e. The van der Waals surface area contributed by atoms with Crippen LogP contribution >= 0.6 is 23.1 Å². The molecule has 0 saturated heterocycles. The minimum absolute atomic E-state index is 0.0169. The molecule has 0 fully saturated rings. The molecule has 4 aromatic rings. The largest absolute Gasteiger partial charge is 0.283 e. The maximum atomic E-state index is 13.0. The fourth-order valence-electron chi connectivity index (χ4n) is 3.02. The molecule has 0 saturated carbocycles. The van der Waals surface area contributed by atoms with E-state index in [4.69, 9.17) is 4.98 Å². The molecule has 0 spiro atoms. The van der Waals surface area contributed by atoms with Crippen LogP contribution in [0.2, 0.25) is 0 Å². The number of allylic oxidation sites excluding steroid dienone is 1. The van der Waals surface area contributed by atoms with Crippen LogP contribution in [0.15, 0.2) is 65.3 Å². The van der Waals surface area contributed by atoms with Gasteiger partial charge < -0.3 is 0 Å². The summed E-state index contributed by atoms with van der Waals surface area (Å²) in [5.74, 6) is 0.734. The zero-order valence-corrected chi connectivity index (χ0v) is 17.4. The van der Waals surface area contributed by atoms with Crippen LogP contribution in [-0.4, -0.2) is 19.3 Å². The summed E-state index contributed by atoms with van der Waals surface area (Å²) in [6.07, 6.45) is 5.42. The fraction of sp³-hybridized carbons (Fsp3) is 0.190. The van der Waals surface area contributed by atoms with Crippen molar-refractivity contribution in [2.45, 2.75) is 31.3 Å². The first-order chi connectivity index (χ1) is 13.6. The summed E-state index contributed by atoms with van der Waals surface area (Å²) in [4.78, 5) is 19.8. The van der Waals surface area contributed by atoms with Crippen LogP contribution in [0.5, 0.6) is 0 Å². The Kier molecular flexibility index (Phi) is 5.19. The Bertz CT molecular complexity index is 1190. The quantitative estimate of drug-likeness (QED) is 0.263. The molecule has 28 heavy (non-hydrogen) atoms. The Morgan fingerprint density at radius 3 is 2.71 bits per heavy atom. The average molecular weight is 409 g/mol. The Morgan fingerprint density at radius 1 is 1.25 bits per heavy atom. The second-order valence-electron chi connectivity index (χ2n) is 6.47. The van der Waals surface area contributed by atoms with Crippen molar-refractivity contribution in [3.63, 3.8) is 0 Å². The molecule has 0 aliphatic carbocycles. The number of benzene rings is 1. The van der Waals surface area contributed by atoms with Gasteiger partial charge in [-0.15, -0.1) is 17.9 Å². The molecular weight excluding hydrogens is 388 g/mol. The summed E-state index contributed by atoms with van der Waals surface area (Å²) in [5, 5.41) is 5.71. The van der Waals surface area contributed by atoms with Gasteiger partial charge in [-0.05, 0) is 43.2 Å². The van der Waals surface area contributed by atoms with Crippen LogP contribution in [-0.2, 0) is 12.3 Å². The van der Waals surface area contributed by atoms with Crippen LogP contribution in [0.3, 0.4) is 0 Å². The summed E-state index contributed by atoms with van der Waals surface area (Å²) >= 11 is 3.16. The van der Waals surface area contributed by atoms with Crippen molar-refractivity contribution >= 4 is 33.3 Å². The molecule has 5 nitrogen and oxygen atoms in total. The zero-order valence-electron chi connectivity index (χ0n) is 15.8. The van der Waals surface area contributed by atoms with Gasteiger partial charge in [0.05, 0.1) is 11.1 Å². The highest BCUT2D eigenvalue weighted by atomic mass is 32.2. The molecule has 0 amide bonds. The molecule has 1 aromatic carbocycles. The van der Waals surface area contributed by atoms with E-state index in [-0.39, 0.29) is 5.56 Å². The van der Waals surface area contributed by atoms with Crippen LogP contribution in [0.4, 0.5) is 0 Å². The molecule has 7 heteroatoms. The number of aryl methyl sites for hydroxylation is 2. The Labute approximate surface area is 171 Å². The van der Waals surface area contributed by atoms with E-state index in [1.807, 2.05) is 42.9 Å². The van der Waals surface area contributed by atoms with Gasteiger partial charge in [-0.1, -0.05) is 30.0 Å². The van der Waals surface area contributed by atoms with Crippen LogP contribution in [0.25, 0.3) is 15.9 Å². The van der Waals surface area contributed by atoms with Gasteiger partial charge in [0.25, 0.3) is 5.56 Å². The highest BCUT2D eigenvalue weighted by Crippen LogP contribution is 2.29. The predicted molar refractivity (Wildman–Crippen MR) is 117 cm³/mol. The zero-order chi connectivity index (χ0) is 19.7. The number of fused-ring (bicyclic) bond motifs is 1. The summed E-state index contributed by atoms with van der Waals surface area (Å²) in [6.45, 7) is 8.28. The number of thiophene rings is 1. The third-order valence-electron chi connectivity index (χ3n) is 4.64. The highest BCUT2D eigenvalue weighted by Gasteiger charge is 2.16. The molecule has 0 aliphatic rings. The second-order valence-corrected chi connectivity index (χ2v) is 8.61. The van der Waals surface area contributed by atoms with Crippen LogP contribution in [0, 0.1) is 13.8 Å². The first kappa shape index (κ1) is 18.7. The standard InChI is InChI=1S/C21H20N4OS2/c1-4-11-24-20(26)18-14(2)15(3)28-19(18)23-21(24)27-13-16-6-8-17(9-7-16)25-12-5-10-22-25/h4-10,12H,1,11,13H2,2-3H3. The van der Waals surface area contributed by atoms with Gasteiger partial charge in [-0.3, -0.25) is 9.36 Å². The van der Waals surface area contributed by atoms with E-state index < -0.39 is 0 Å². The van der Waals surface area contributed by atoms with E-state index in [2.05, 4.69) is 23.8 Å². The van der Waals surface area contributed by atoms with Crippen molar-refractivity contribution in [3.05, 3.63) is 81.7 Å². The Morgan fingerprint density at radius 2 is 2.04 bits per heavy atom. The maximum Gasteiger partial charge on any atom is 0.263 e. The second kappa shape index (κ2) is 7.77. The van der Waals surface area contributed by atoms with E-state index in [0.29, 0.717) is 6.54 Å². The number of hydrogen-bond donors (Lipinski definition) is 0. The summed E-state index contributed by atoms with van der Waals surface area (Å²) in [7, 11) is 0. The van der Waals surface area contributed by atoms with Gasteiger partial charge in [0.1, 0.15) is 4.83 Å². The van der Waals surface area contributed by atoms with E-state index in [9.17, 15) is 4.79 Å². The SMILES string of the molecule is C=CCn1c(SCc2ccc(-n3cccn3)cc2)nc2sc(C)c(C)c2c1=O. The number of aromatic nitrogens is 4. The molecule has 0 aliphatic heterocycles. The predicted octanol–water partition coefficient (Wildman–Crippen LogP) is 4.74. The van der Waals surface area contributed by atoms with Crippen molar-refractivity contribution in [1.29, 1.82) is 0 Å². The molecule has 0 bridgehead atoms. The van der Waals surface area contributed by atoms with Gasteiger partial charge in [0.2, 0.25) is 0 Å². The van der Waals surface area contributed by atoms with Gasteiger partial charge >= 0.3 is 0 Å². The van der Waals surface area contributed by atoms with Crippen molar-refractivity contribution in [2.75, 3.05) is 0 Å². The normalized spacial score (nSPS) is 11.2. The monoisotopic (exact) mass is 408 g/mol. The third-order valence-corrected chi connectivity index (χ3v) is 6.79. The minimum atomic E-state index is 0.0169. The van der Waals surface area contributed by atoms with Crippen molar-refractivity contribution in [3.8, 4) is 5.69 Å². The number of hydrogen-bond acceptors (Lipinski definition) is 5. The molecule has 3 heterocycles. The lowest BCUT2D eigenvalue weighted by Crippen LogP contribution is -2.22. The summed E-state index contributed by atoms with van der Waals surface area (Å²) < 4.78 is 3.55. The van der Waals surface area contributed by atoms with Crippen molar-refractivity contribution < 1.29 is 0 Å². The van der Waals surface area contributed by atoms with E-state index >= 15 is 0 Å². The van der Waals surface area contributed by atoms with Gasteiger partial charge in [0.15, 0.2) is 5.16 Å². The minimum Gasteiger partial charge on any atom is -0.283 e. The first-order valence-electron chi connectivity index (χ1n) is 8.91. The lowest BCUT2D eigenvalue weighted by Gasteiger charge is -2.10. The maximum absolute atomic E-state index is 13.0. The molecule has 0 N–H and O–H groups in total. The van der Waals surface area contributed by atoms with E-state index in [1.165, 1.54) is 5.56 Å². The summed E-state index contributed by atoms with van der Waals surface area (Å²) in [6, 6.07) is 10.2. The summed E-state index contributed by atoms with van der Waals surface area (Å²) in [5.41, 5.74) is 3.23. The fourth-order valence-corrected chi connectivity index (χ4v) is 5.06. The van der Waals surface area contributed by atoms with E-state index in [1.54, 1.807) is 39.9 Å². The molecule has 0 unspecified atom stereocenters. The molecule has 3 aromatic heterocycles. The van der Waals surface area contributed by atoms with Gasteiger partial charge in [-0.25, -0.2) is 9.67 Å². The van der Waals surface area contributed by atoms with Gasteiger partial charge in [0, 0.05) is 29.6 Å². The van der Waals surface area contributed by atoms with Crippen molar-refractivity contribution in [1.82, 2.24) is 19.3 Å². The van der Waals surface area contributed by atoms with Crippen molar-refractivity contribution in [2.24, 2.45) is 0 Å². The molecule has 0 radical (unpaired) electrons. The third kappa shape index (κ3) is 3.43. The highest BCUT2D eigenvalue weighted by molar-refractivity contribution is 7.98. The number of thioether (sulfide) groups is 1. The Balaban J connectivity index is 1.63. The molecule has 4 rings (SSSR count). The van der Waals surface area contributed by atoms with Gasteiger partial charge in [-0.2, -0.15) is 5.10 Å². The average Bonchev–Trinajstić information content (AvgIpc) is 3.32. The number of rotatable bonds is 6. The first-order valence-corrected chi connectivity index (χ1v) is 10.7. The lowest BCUT2D eigenvalue weighted by molar-refractivity contribution is 0.672. The topological polar surface area (TPSA) is 52.7 Å². The molecule has 142 valence electrons. The lowest BCUT2D eigenvalue weighted by atomic mass is 10.2.